The first-order chi connectivity index (χ1) is 13.8. The lowest BCUT2D eigenvalue weighted by Crippen LogP contribution is -1.88. The third-order valence-corrected chi connectivity index (χ3v) is 3.64. The van der Waals surface area contributed by atoms with Crippen molar-refractivity contribution in [2.24, 2.45) is 0 Å². The first kappa shape index (κ1) is 37.3. The molecular weight excluding hydrogens is 356 g/mol. The first-order valence-electron chi connectivity index (χ1n) is 11.0. The van der Waals surface area contributed by atoms with Crippen molar-refractivity contribution in [1.29, 1.82) is 0 Å². The van der Waals surface area contributed by atoms with Gasteiger partial charge in [0.15, 0.2) is 9.80 Å². The summed E-state index contributed by atoms with van der Waals surface area (Å²) in [5, 5.41) is 0. The van der Waals surface area contributed by atoms with E-state index >= 15 is 0 Å². The number of rotatable bonds is 3. The fourth-order valence-electron chi connectivity index (χ4n) is 1.33. The van der Waals surface area contributed by atoms with Crippen LogP contribution < -0.4 is 0 Å². The maximum Gasteiger partial charge on any atom is 0.158 e. The molecule has 28 heavy (non-hydrogen) atoms. The zero-order chi connectivity index (χ0) is 23.1. The highest BCUT2D eigenvalue weighted by Crippen LogP contribution is 2.16. The Balaban J connectivity index is -0.0000000991. The quantitative estimate of drug-likeness (QED) is 0.265. The second-order valence-corrected chi connectivity index (χ2v) is 5.72. The van der Waals surface area contributed by atoms with Crippen LogP contribution in [-0.2, 0) is 11.8 Å². The van der Waals surface area contributed by atoms with E-state index in [4.69, 9.17) is 0 Å². The van der Waals surface area contributed by atoms with Gasteiger partial charge in [-0.3, -0.25) is 0 Å². The highest BCUT2D eigenvalue weighted by Gasteiger charge is 2.07. The monoisotopic (exact) mass is 407 g/mol. The van der Waals surface area contributed by atoms with E-state index in [0.29, 0.717) is 0 Å². The third-order valence-electron chi connectivity index (χ3n) is 2.49. The number of thiol groups is 1. The predicted octanol–water partition coefficient (Wildman–Crippen LogP) is 9.97. The molecule has 1 aromatic carbocycles. The number of unbranched alkanes of at least 4 members (excludes halogenated alkanes) is 1. The van der Waals surface area contributed by atoms with Crippen molar-refractivity contribution in [3.8, 4) is 0 Å². The molecule has 1 aromatic rings. The minimum atomic E-state index is 1.20. The summed E-state index contributed by atoms with van der Waals surface area (Å²) in [4.78, 5) is 2.80. The van der Waals surface area contributed by atoms with Crippen molar-refractivity contribution in [3.05, 3.63) is 79.3 Å². The highest BCUT2D eigenvalue weighted by molar-refractivity contribution is 7.83. The topological polar surface area (TPSA) is 0 Å². The van der Waals surface area contributed by atoms with Crippen LogP contribution in [0.25, 0.3) is 0 Å². The molecule has 0 atom stereocenters. The fraction of sp³-hybridized carbons (Fsp3) is 0.481. The normalized spacial score (nSPS) is 9.54. The third kappa shape index (κ3) is 35.6. The maximum atomic E-state index is 3.36. The number of allylic oxidation sites excluding steroid dienone is 4. The Hall–Kier alpha value is -1.47. The highest BCUT2D eigenvalue weighted by atomic mass is 32.2. The molecule has 0 heterocycles. The largest absolute Gasteiger partial charge is 0.158 e. The second-order valence-electron chi connectivity index (χ2n) is 4.46. The molecule has 0 aromatic heterocycles. The van der Waals surface area contributed by atoms with Gasteiger partial charge in [0.1, 0.15) is 0 Å². The molecule has 1 aliphatic carbocycles. The summed E-state index contributed by atoms with van der Waals surface area (Å²) in [6.07, 6.45) is 13.6. The second kappa shape index (κ2) is 44.7. The Morgan fingerprint density at radius 3 is 1.61 bits per heavy atom. The Morgan fingerprint density at radius 2 is 1.29 bits per heavy atom. The van der Waals surface area contributed by atoms with Crippen LogP contribution in [0.3, 0.4) is 0 Å². The minimum Gasteiger partial charge on any atom is -0.106 e. The van der Waals surface area contributed by atoms with Crippen LogP contribution in [0.1, 0.15) is 88.0 Å². The van der Waals surface area contributed by atoms with Gasteiger partial charge < -0.3 is 0 Å². The minimum absolute atomic E-state index is 1.20. The summed E-state index contributed by atoms with van der Waals surface area (Å²) >= 11 is 1.33. The Labute approximate surface area is 183 Å². The molecule has 1 heteroatoms. The van der Waals surface area contributed by atoms with Gasteiger partial charge in [-0.25, -0.2) is 0 Å². The number of hydrogen-bond acceptors (Lipinski definition) is 0. The summed E-state index contributed by atoms with van der Waals surface area (Å²) in [6.45, 7) is 27.6. The Bertz CT molecular complexity index is 400. The molecule has 1 aliphatic rings. The van der Waals surface area contributed by atoms with Gasteiger partial charge in [-0.05, 0) is 44.1 Å². The van der Waals surface area contributed by atoms with Crippen LogP contribution in [-0.4, -0.2) is 0 Å². The Kier molecular flexibility index (Phi) is 59.6. The predicted molar refractivity (Wildman–Crippen MR) is 142 cm³/mol. The van der Waals surface area contributed by atoms with Crippen LogP contribution in [0.2, 0.25) is 0 Å². The summed E-state index contributed by atoms with van der Waals surface area (Å²) < 4.78 is 0. The van der Waals surface area contributed by atoms with E-state index in [1.54, 1.807) is 6.08 Å². The van der Waals surface area contributed by atoms with E-state index in [1.807, 2.05) is 48.5 Å². The SMILES string of the molecule is C1=CC([SH+]c2ccccc2)=CCC1.C=C.C=CC.CC.CC.CC.CCCC. The Morgan fingerprint density at radius 1 is 0.857 bits per heavy atom. The first-order valence-corrected chi connectivity index (χ1v) is 11.9. The van der Waals surface area contributed by atoms with Crippen LogP contribution in [0, 0.1) is 0 Å². The van der Waals surface area contributed by atoms with Gasteiger partial charge >= 0.3 is 0 Å². The molecule has 0 amide bonds. The van der Waals surface area contributed by atoms with Crippen molar-refractivity contribution in [1.82, 2.24) is 0 Å². The molecule has 0 aliphatic heterocycles. The van der Waals surface area contributed by atoms with E-state index in [2.05, 4.69) is 82.1 Å². The molecule has 0 bridgehead atoms. The van der Waals surface area contributed by atoms with Gasteiger partial charge in [-0.15, -0.1) is 19.7 Å². The summed E-state index contributed by atoms with van der Waals surface area (Å²) in [7, 11) is 0. The van der Waals surface area contributed by atoms with Gasteiger partial charge in [0.25, 0.3) is 0 Å². The molecule has 0 nitrogen and oxygen atoms in total. The van der Waals surface area contributed by atoms with E-state index in [0.717, 1.165) is 0 Å². The zero-order valence-electron chi connectivity index (χ0n) is 20.6. The smallest absolute Gasteiger partial charge is 0.106 e. The van der Waals surface area contributed by atoms with Gasteiger partial charge in [0.2, 0.25) is 0 Å². The fourth-order valence-corrected chi connectivity index (χ4v) is 2.35. The molecule has 0 saturated carbocycles. The van der Waals surface area contributed by atoms with Crippen LogP contribution in [0.5, 0.6) is 0 Å². The van der Waals surface area contributed by atoms with Crippen LogP contribution in [0.15, 0.2) is 84.2 Å². The van der Waals surface area contributed by atoms with E-state index in [-0.39, 0.29) is 0 Å². The van der Waals surface area contributed by atoms with E-state index in [1.165, 1.54) is 47.2 Å². The zero-order valence-corrected chi connectivity index (χ0v) is 21.5. The van der Waals surface area contributed by atoms with Crippen LogP contribution >= 0.6 is 0 Å². The molecule has 164 valence electrons. The summed E-state index contributed by atoms with van der Waals surface area (Å²) in [5.74, 6) is 0. The molecule has 0 fully saturated rings. The van der Waals surface area contributed by atoms with E-state index in [9.17, 15) is 0 Å². The van der Waals surface area contributed by atoms with Crippen LogP contribution in [0.4, 0.5) is 0 Å². The van der Waals surface area contributed by atoms with Crippen molar-refractivity contribution in [3.63, 3.8) is 0 Å². The molecule has 0 unspecified atom stereocenters. The van der Waals surface area contributed by atoms with E-state index < -0.39 is 0 Å². The van der Waals surface area contributed by atoms with Gasteiger partial charge in [0.05, 0.1) is 0 Å². The van der Waals surface area contributed by atoms with Gasteiger partial charge in [-0.1, -0.05) is 98.6 Å². The average molecular weight is 408 g/mol. The number of benzene rings is 1. The summed E-state index contributed by atoms with van der Waals surface area (Å²) in [5.41, 5.74) is 0. The molecule has 0 N–H and O–H groups in total. The van der Waals surface area contributed by atoms with Crippen molar-refractivity contribution < 1.29 is 0 Å². The maximum absolute atomic E-state index is 3.36. The lowest BCUT2D eigenvalue weighted by atomic mass is 10.2. The lowest BCUT2D eigenvalue weighted by Gasteiger charge is -1.97. The summed E-state index contributed by atoms with van der Waals surface area (Å²) in [6, 6.07) is 10.6. The van der Waals surface area contributed by atoms with Gasteiger partial charge in [0, 0.05) is 11.8 Å². The van der Waals surface area contributed by atoms with Crippen molar-refractivity contribution >= 4 is 11.8 Å². The molecule has 0 radical (unpaired) electrons. The van der Waals surface area contributed by atoms with Crippen molar-refractivity contribution in [2.75, 3.05) is 0 Å². The van der Waals surface area contributed by atoms with Gasteiger partial charge in [-0.2, -0.15) is 0 Å². The lowest BCUT2D eigenvalue weighted by molar-refractivity contribution is 0.886. The molecule has 0 saturated heterocycles. The van der Waals surface area contributed by atoms with Crippen molar-refractivity contribution in [2.45, 2.75) is 92.9 Å². The molecule has 0 spiro atoms. The standard InChI is InChI=1S/C12H12S.C4H10.C3H6.3C2H6.C2H4/c1-3-7-11(8-4-1)13-12-9-5-2-6-10-12;1-3-4-2;1-3-2;4*1-2/h1,3-5,7-10H,2,6H2;3-4H2,1-2H3;3H,1H2,2H3;3*1-2H3;1-2H2/p+1. The molecular formula is C27H51S+. The molecule has 2 rings (SSSR count). The average Bonchev–Trinajstić information content (AvgIpc) is 2.81. The number of hydrogen-bond donors (Lipinski definition) is 0.